The van der Waals surface area contributed by atoms with Gasteiger partial charge in [0.1, 0.15) is 12.3 Å². The molecule has 39 heavy (non-hydrogen) atoms. The highest BCUT2D eigenvalue weighted by Crippen LogP contribution is 2.27. The van der Waals surface area contributed by atoms with E-state index in [0.29, 0.717) is 29.7 Å². The molecule has 3 heterocycles. The number of carbonyl (C=O) groups is 2. The van der Waals surface area contributed by atoms with E-state index in [-0.39, 0.29) is 24.5 Å². The summed E-state index contributed by atoms with van der Waals surface area (Å²) in [5.74, 6) is 0.638. The van der Waals surface area contributed by atoms with Crippen LogP contribution in [0.2, 0.25) is 0 Å². The number of aromatic nitrogens is 2. The maximum absolute atomic E-state index is 13.4. The summed E-state index contributed by atoms with van der Waals surface area (Å²) in [7, 11) is 1.63. The van der Waals surface area contributed by atoms with E-state index in [9.17, 15) is 9.59 Å². The van der Waals surface area contributed by atoms with E-state index >= 15 is 0 Å². The van der Waals surface area contributed by atoms with E-state index in [1.54, 1.807) is 18.1 Å². The van der Waals surface area contributed by atoms with E-state index in [0.717, 1.165) is 35.4 Å². The number of thiophene rings is 1. The first kappa shape index (κ1) is 26.6. The summed E-state index contributed by atoms with van der Waals surface area (Å²) >= 11 is 1.36. The van der Waals surface area contributed by atoms with Crippen molar-refractivity contribution < 1.29 is 19.1 Å². The van der Waals surface area contributed by atoms with Crippen LogP contribution < -0.4 is 10.1 Å². The maximum atomic E-state index is 13.4. The molecule has 0 bridgehead atoms. The average Bonchev–Trinajstić information content (AvgIpc) is 3.72. The lowest BCUT2D eigenvalue weighted by Crippen LogP contribution is -2.42. The Morgan fingerprint density at radius 3 is 2.64 bits per heavy atom. The van der Waals surface area contributed by atoms with Gasteiger partial charge in [0.05, 0.1) is 23.8 Å². The minimum Gasteiger partial charge on any atom is -0.497 e. The molecule has 1 aliphatic heterocycles. The van der Waals surface area contributed by atoms with E-state index in [2.05, 4.69) is 25.2 Å². The summed E-state index contributed by atoms with van der Waals surface area (Å²) in [5.41, 5.74) is 4.79. The van der Waals surface area contributed by atoms with Gasteiger partial charge < -0.3 is 14.4 Å². The fourth-order valence-electron chi connectivity index (χ4n) is 4.59. The van der Waals surface area contributed by atoms with Crippen molar-refractivity contribution in [3.05, 3.63) is 82.2 Å². The van der Waals surface area contributed by atoms with Gasteiger partial charge in [-0.3, -0.25) is 19.5 Å². The van der Waals surface area contributed by atoms with Crippen molar-refractivity contribution in [2.45, 2.75) is 32.8 Å². The number of carbonyl (C=O) groups excluding carboxylic acids is 2. The first-order valence-corrected chi connectivity index (χ1v) is 13.8. The molecule has 0 aliphatic carbocycles. The zero-order chi connectivity index (χ0) is 27.4. The Bertz CT molecular complexity index is 1440. The second kappa shape index (κ2) is 11.8. The molecule has 5 rings (SSSR count). The topological polar surface area (TPSA) is 85.7 Å². The normalized spacial score (nSPS) is 14.8. The van der Waals surface area contributed by atoms with Crippen LogP contribution in [0, 0.1) is 13.8 Å². The number of imidazole rings is 1. The number of amides is 2. The van der Waals surface area contributed by atoms with Gasteiger partial charge in [0.15, 0.2) is 0 Å². The zero-order valence-electron chi connectivity index (χ0n) is 22.3. The number of methoxy groups -OCH3 is 1. The predicted molar refractivity (Wildman–Crippen MR) is 153 cm³/mol. The number of hydrogen-bond acceptors (Lipinski definition) is 6. The molecular formula is C30H32N4O4S. The summed E-state index contributed by atoms with van der Waals surface area (Å²) < 4.78 is 12.9. The first-order valence-electron chi connectivity index (χ1n) is 13.0. The lowest BCUT2D eigenvalue weighted by atomic mass is 10.1. The van der Waals surface area contributed by atoms with Crippen LogP contribution in [0.25, 0.3) is 16.9 Å². The number of hydrogen-bond donors (Lipinski definition) is 1. The second-order valence-corrected chi connectivity index (χ2v) is 10.6. The van der Waals surface area contributed by atoms with Crippen LogP contribution in [0.1, 0.15) is 33.6 Å². The molecule has 1 N–H and O–H groups in total. The minimum atomic E-state index is -0.324. The van der Waals surface area contributed by atoms with E-state index in [4.69, 9.17) is 14.5 Å². The highest BCUT2D eigenvalue weighted by Gasteiger charge is 2.26. The Balaban J connectivity index is 1.42. The largest absolute Gasteiger partial charge is 0.497 e. The fraction of sp³-hybridized carbons (Fsp3) is 0.300. The third kappa shape index (κ3) is 6.21. The van der Waals surface area contributed by atoms with Gasteiger partial charge in [-0.25, -0.2) is 4.98 Å². The molecule has 2 aromatic carbocycles. The molecule has 1 saturated heterocycles. The molecular weight excluding hydrogens is 512 g/mol. The van der Waals surface area contributed by atoms with Crippen LogP contribution in [-0.2, 0) is 9.53 Å². The number of benzene rings is 2. The van der Waals surface area contributed by atoms with Gasteiger partial charge in [0.2, 0.25) is 11.9 Å². The second-order valence-electron chi connectivity index (χ2n) is 9.66. The van der Waals surface area contributed by atoms with Gasteiger partial charge in [-0.15, -0.1) is 11.3 Å². The van der Waals surface area contributed by atoms with Crippen molar-refractivity contribution in [2.75, 3.05) is 32.1 Å². The number of ether oxygens (including phenoxy) is 2. The Hall–Kier alpha value is -3.95. The van der Waals surface area contributed by atoms with E-state index in [1.165, 1.54) is 16.9 Å². The van der Waals surface area contributed by atoms with Crippen LogP contribution in [0.15, 0.2) is 66.2 Å². The number of anilines is 1. The molecule has 4 aromatic rings. The molecule has 0 spiro atoms. The highest BCUT2D eigenvalue weighted by molar-refractivity contribution is 7.12. The standard InChI is InChI=1S/C30H32N4O4S/c1-20-8-11-23(16-21(20)2)34-18-26(22-9-12-24(37-3)13-10-22)31-30(34)32-28(35)19-33(17-25-6-4-14-38-25)29(36)27-7-5-15-39-27/h5,7-13,15-16,18,25H,4,6,14,17,19H2,1-3H3,(H,31,32,35)/t25-/m1/s1. The van der Waals surface area contributed by atoms with Gasteiger partial charge in [-0.1, -0.05) is 12.1 Å². The summed E-state index contributed by atoms with van der Waals surface area (Å²) in [6, 6.07) is 17.3. The van der Waals surface area contributed by atoms with Crippen LogP contribution in [0.4, 0.5) is 5.95 Å². The minimum absolute atomic E-state index is 0.0686. The third-order valence-electron chi connectivity index (χ3n) is 6.91. The summed E-state index contributed by atoms with van der Waals surface area (Å²) in [6.45, 7) is 5.06. The number of nitrogens with zero attached hydrogens (tertiary/aromatic N) is 3. The van der Waals surface area contributed by atoms with Crippen molar-refractivity contribution >= 4 is 29.1 Å². The Kier molecular flexibility index (Phi) is 8.09. The third-order valence-corrected chi connectivity index (χ3v) is 7.77. The molecule has 9 heteroatoms. The highest BCUT2D eigenvalue weighted by atomic mass is 32.1. The average molecular weight is 545 g/mol. The van der Waals surface area contributed by atoms with Crippen LogP contribution in [-0.4, -0.2) is 59.2 Å². The maximum Gasteiger partial charge on any atom is 0.264 e. The SMILES string of the molecule is COc1ccc(-c2cn(-c3ccc(C)c(C)c3)c(NC(=O)CN(C[C@H]3CCCO3)C(=O)c3cccs3)n2)cc1. The summed E-state index contributed by atoms with van der Waals surface area (Å²) in [6.07, 6.45) is 3.67. The fourth-order valence-corrected chi connectivity index (χ4v) is 5.28. The summed E-state index contributed by atoms with van der Waals surface area (Å²) in [5, 5.41) is 4.83. The quantitative estimate of drug-likeness (QED) is 0.301. The van der Waals surface area contributed by atoms with Crippen molar-refractivity contribution in [1.29, 1.82) is 0 Å². The Morgan fingerprint density at radius 2 is 1.97 bits per heavy atom. The molecule has 2 amide bonds. The molecule has 0 saturated carbocycles. The van der Waals surface area contributed by atoms with Gasteiger partial charge in [-0.2, -0.15) is 0 Å². The zero-order valence-corrected chi connectivity index (χ0v) is 23.2. The lowest BCUT2D eigenvalue weighted by molar-refractivity contribution is -0.117. The molecule has 2 aromatic heterocycles. The van der Waals surface area contributed by atoms with E-state index in [1.807, 2.05) is 58.6 Å². The lowest BCUT2D eigenvalue weighted by Gasteiger charge is -2.24. The van der Waals surface area contributed by atoms with Crippen molar-refractivity contribution in [3.8, 4) is 22.7 Å². The predicted octanol–water partition coefficient (Wildman–Crippen LogP) is 5.49. The van der Waals surface area contributed by atoms with Crippen LogP contribution >= 0.6 is 11.3 Å². The van der Waals surface area contributed by atoms with Crippen molar-refractivity contribution in [2.24, 2.45) is 0 Å². The first-order chi connectivity index (χ1) is 18.9. The van der Waals surface area contributed by atoms with Crippen molar-refractivity contribution in [1.82, 2.24) is 14.5 Å². The molecule has 1 fully saturated rings. The van der Waals surface area contributed by atoms with Crippen molar-refractivity contribution in [3.63, 3.8) is 0 Å². The van der Waals surface area contributed by atoms with E-state index < -0.39 is 0 Å². The monoisotopic (exact) mass is 544 g/mol. The van der Waals surface area contributed by atoms with Gasteiger partial charge in [0, 0.05) is 30.6 Å². The molecule has 1 aliphatic rings. The number of rotatable bonds is 9. The summed E-state index contributed by atoms with van der Waals surface area (Å²) in [4.78, 5) is 33.6. The Labute approximate surface area is 232 Å². The van der Waals surface area contributed by atoms with Gasteiger partial charge in [-0.05, 0) is 85.7 Å². The molecule has 8 nitrogen and oxygen atoms in total. The molecule has 202 valence electrons. The molecule has 0 radical (unpaired) electrons. The Morgan fingerprint density at radius 1 is 1.15 bits per heavy atom. The van der Waals surface area contributed by atoms with Crippen LogP contribution in [0.3, 0.4) is 0 Å². The smallest absolute Gasteiger partial charge is 0.264 e. The van der Waals surface area contributed by atoms with Crippen LogP contribution in [0.5, 0.6) is 5.75 Å². The van der Waals surface area contributed by atoms with Gasteiger partial charge >= 0.3 is 0 Å². The molecule has 0 unspecified atom stereocenters. The number of aryl methyl sites for hydroxylation is 2. The molecule has 1 atom stereocenters. The van der Waals surface area contributed by atoms with Gasteiger partial charge in [0.25, 0.3) is 5.91 Å². The number of nitrogens with one attached hydrogen (secondary N) is 1.